The Morgan fingerprint density at radius 1 is 1.10 bits per heavy atom. The van der Waals surface area contributed by atoms with Crippen LogP contribution in [0.5, 0.6) is 0 Å². The van der Waals surface area contributed by atoms with Crippen LogP contribution in [0.3, 0.4) is 0 Å². The number of hydrogen-bond acceptors (Lipinski definition) is 7. The molecule has 0 spiro atoms. The van der Waals surface area contributed by atoms with E-state index >= 15 is 0 Å². The number of aromatic nitrogens is 6. The summed E-state index contributed by atoms with van der Waals surface area (Å²) in [5.41, 5.74) is 1.63. The van der Waals surface area contributed by atoms with Crippen LogP contribution in [0.25, 0.3) is 10.6 Å². The first-order valence-corrected chi connectivity index (χ1v) is 12.6. The number of rotatable bonds is 6. The predicted octanol–water partition coefficient (Wildman–Crippen LogP) is 4.63. The van der Waals surface area contributed by atoms with Crippen LogP contribution in [0, 0.1) is 0 Å². The van der Waals surface area contributed by atoms with Crippen LogP contribution in [-0.2, 0) is 12.2 Å². The molecule has 5 rings (SSSR count). The highest BCUT2D eigenvalue weighted by Crippen LogP contribution is 2.34. The van der Waals surface area contributed by atoms with E-state index in [1.807, 2.05) is 29.8 Å². The maximum atomic E-state index is 12.4. The third-order valence-electron chi connectivity index (χ3n) is 5.58. The molecule has 1 fully saturated rings. The molecule has 7 nitrogen and oxygen atoms in total. The summed E-state index contributed by atoms with van der Waals surface area (Å²) in [4.78, 5) is 22.6. The van der Waals surface area contributed by atoms with Gasteiger partial charge in [0.1, 0.15) is 10.8 Å². The lowest BCUT2D eigenvalue weighted by molar-refractivity contribution is 0.422. The molecule has 31 heavy (non-hydrogen) atoms. The quantitative estimate of drug-likeness (QED) is 0.397. The average molecular weight is 453 g/mol. The minimum absolute atomic E-state index is 0.137. The lowest BCUT2D eigenvalue weighted by Crippen LogP contribution is -2.15. The zero-order chi connectivity index (χ0) is 21.2. The monoisotopic (exact) mass is 452 g/mol. The minimum atomic E-state index is -0.137. The first kappa shape index (κ1) is 20.4. The number of nitrogens with zero attached hydrogens (tertiary/aromatic N) is 6. The molecule has 0 N–H and O–H groups in total. The average Bonchev–Trinajstić information content (AvgIpc) is 3.43. The Morgan fingerprint density at radius 2 is 1.90 bits per heavy atom. The van der Waals surface area contributed by atoms with Gasteiger partial charge in [-0.25, -0.2) is 14.6 Å². The summed E-state index contributed by atoms with van der Waals surface area (Å²) in [5, 5.41) is 10.8. The van der Waals surface area contributed by atoms with Crippen LogP contribution < -0.4 is 5.56 Å². The Balaban J connectivity index is 1.42. The number of hydrogen-bond donors (Lipinski definition) is 0. The van der Waals surface area contributed by atoms with Crippen molar-refractivity contribution in [2.24, 2.45) is 0 Å². The third kappa shape index (κ3) is 4.29. The molecule has 3 heterocycles. The van der Waals surface area contributed by atoms with Gasteiger partial charge in [-0.15, -0.1) is 5.10 Å². The number of thioether (sulfide) groups is 1. The second-order valence-electron chi connectivity index (χ2n) is 7.75. The molecule has 0 bridgehead atoms. The van der Waals surface area contributed by atoms with Crippen LogP contribution >= 0.6 is 23.1 Å². The minimum Gasteiger partial charge on any atom is -0.267 e. The topological polar surface area (TPSA) is 78.0 Å². The Kier molecular flexibility index (Phi) is 5.87. The zero-order valence-corrected chi connectivity index (χ0v) is 19.0. The molecule has 1 aromatic carbocycles. The maximum Gasteiger partial charge on any atom is 0.275 e. The van der Waals surface area contributed by atoms with E-state index in [0.717, 1.165) is 46.6 Å². The van der Waals surface area contributed by atoms with Gasteiger partial charge in [0, 0.05) is 17.7 Å². The van der Waals surface area contributed by atoms with Crippen molar-refractivity contribution in [1.29, 1.82) is 0 Å². The Morgan fingerprint density at radius 3 is 2.68 bits per heavy atom. The number of para-hydroxylation sites is 1. The zero-order valence-electron chi connectivity index (χ0n) is 17.4. The van der Waals surface area contributed by atoms with E-state index in [4.69, 9.17) is 10.1 Å². The molecule has 0 unspecified atom stereocenters. The van der Waals surface area contributed by atoms with Crippen LogP contribution in [0.4, 0.5) is 0 Å². The summed E-state index contributed by atoms with van der Waals surface area (Å²) in [6, 6.07) is 11.8. The fourth-order valence-corrected chi connectivity index (χ4v) is 5.58. The number of fused-ring (bicyclic) bond motifs is 1. The number of benzene rings is 1. The van der Waals surface area contributed by atoms with Gasteiger partial charge in [0.25, 0.3) is 5.56 Å². The van der Waals surface area contributed by atoms with Gasteiger partial charge in [0.15, 0.2) is 0 Å². The van der Waals surface area contributed by atoms with E-state index in [2.05, 4.69) is 22.2 Å². The molecule has 160 valence electrons. The Bertz CT molecular complexity index is 1240. The molecule has 1 aliphatic rings. The van der Waals surface area contributed by atoms with E-state index in [0.29, 0.717) is 16.6 Å². The van der Waals surface area contributed by atoms with Crippen molar-refractivity contribution in [1.82, 2.24) is 29.4 Å². The van der Waals surface area contributed by atoms with Crippen LogP contribution in [-0.4, -0.2) is 29.4 Å². The lowest BCUT2D eigenvalue weighted by Gasteiger charge is -2.21. The molecule has 1 saturated carbocycles. The summed E-state index contributed by atoms with van der Waals surface area (Å²) in [7, 11) is 0. The lowest BCUT2D eigenvalue weighted by atomic mass is 9.88. The van der Waals surface area contributed by atoms with Crippen molar-refractivity contribution in [3.63, 3.8) is 0 Å². The maximum absolute atomic E-state index is 12.4. The second kappa shape index (κ2) is 8.92. The normalized spacial score (nSPS) is 15.0. The molecule has 3 aromatic heterocycles. The van der Waals surface area contributed by atoms with Crippen LogP contribution in [0.1, 0.15) is 61.5 Å². The van der Waals surface area contributed by atoms with E-state index in [1.54, 1.807) is 6.07 Å². The molecule has 0 amide bonds. The molecule has 0 atom stereocenters. The second-order valence-corrected chi connectivity index (χ2v) is 9.74. The van der Waals surface area contributed by atoms with Gasteiger partial charge < -0.3 is 0 Å². The van der Waals surface area contributed by atoms with Gasteiger partial charge in [-0.2, -0.15) is 9.61 Å². The summed E-state index contributed by atoms with van der Waals surface area (Å²) in [6.07, 6.45) is 6.92. The van der Waals surface area contributed by atoms with E-state index in [-0.39, 0.29) is 5.56 Å². The molecular formula is C22H24N6OS2. The fraction of sp³-hybridized carbons (Fsp3) is 0.409. The van der Waals surface area contributed by atoms with Gasteiger partial charge >= 0.3 is 0 Å². The van der Waals surface area contributed by atoms with E-state index in [9.17, 15) is 4.79 Å². The molecule has 1 aliphatic carbocycles. The molecule has 9 heteroatoms. The van der Waals surface area contributed by atoms with Gasteiger partial charge in [0.2, 0.25) is 10.1 Å². The fourth-order valence-electron chi connectivity index (χ4n) is 4.00. The number of aryl methyl sites for hydroxylation is 1. The van der Waals surface area contributed by atoms with E-state index < -0.39 is 0 Å². The summed E-state index contributed by atoms with van der Waals surface area (Å²) in [5.74, 6) is 2.04. The van der Waals surface area contributed by atoms with Gasteiger partial charge in [-0.1, -0.05) is 67.5 Å². The van der Waals surface area contributed by atoms with Crippen molar-refractivity contribution in [3.8, 4) is 5.69 Å². The molecular weight excluding hydrogens is 428 g/mol. The van der Waals surface area contributed by atoms with E-state index in [1.165, 1.54) is 46.9 Å². The summed E-state index contributed by atoms with van der Waals surface area (Å²) in [6.45, 7) is 2.03. The van der Waals surface area contributed by atoms with Crippen molar-refractivity contribution < 1.29 is 0 Å². The molecule has 4 aromatic rings. The molecule has 0 radical (unpaired) electrons. The van der Waals surface area contributed by atoms with Gasteiger partial charge in [0.05, 0.1) is 11.4 Å². The standard InChI is InChI=1S/C22H24N6OS2/c1-2-18-25-28-19(29)13-16(23-22(28)31-18)14-30-21-24-20(15-9-5-3-6-10-15)27(26-21)17-11-7-4-8-12-17/h4,7-8,11-13,15H,2-3,5-6,9-10,14H2,1H3. The molecule has 0 aliphatic heterocycles. The van der Waals surface area contributed by atoms with Crippen molar-refractivity contribution in [2.45, 2.75) is 62.3 Å². The van der Waals surface area contributed by atoms with Crippen molar-refractivity contribution >= 4 is 28.1 Å². The smallest absolute Gasteiger partial charge is 0.267 e. The first-order valence-electron chi connectivity index (χ1n) is 10.7. The highest BCUT2D eigenvalue weighted by Gasteiger charge is 2.23. The van der Waals surface area contributed by atoms with Gasteiger partial charge in [-0.05, 0) is 31.4 Å². The SMILES string of the molecule is CCc1nn2c(=O)cc(CSc3nc(C4CCCCC4)n(-c4ccccc4)n3)nc2s1. The third-order valence-corrected chi connectivity index (χ3v) is 7.50. The Hall–Kier alpha value is -2.52. The van der Waals surface area contributed by atoms with Gasteiger partial charge in [-0.3, -0.25) is 4.79 Å². The van der Waals surface area contributed by atoms with Crippen molar-refractivity contribution in [3.05, 3.63) is 63.3 Å². The first-order chi connectivity index (χ1) is 15.2. The highest BCUT2D eigenvalue weighted by atomic mass is 32.2. The summed E-state index contributed by atoms with van der Waals surface area (Å²) < 4.78 is 3.39. The largest absolute Gasteiger partial charge is 0.275 e. The van der Waals surface area contributed by atoms with Crippen LogP contribution in [0.2, 0.25) is 0 Å². The van der Waals surface area contributed by atoms with Crippen molar-refractivity contribution in [2.75, 3.05) is 0 Å². The molecule has 0 saturated heterocycles. The Labute approximate surface area is 188 Å². The summed E-state index contributed by atoms with van der Waals surface area (Å²) >= 11 is 2.99. The predicted molar refractivity (Wildman–Crippen MR) is 123 cm³/mol. The highest BCUT2D eigenvalue weighted by molar-refractivity contribution is 7.98. The van der Waals surface area contributed by atoms with Crippen LogP contribution in [0.15, 0.2) is 46.3 Å².